The summed E-state index contributed by atoms with van der Waals surface area (Å²) >= 11 is 0. The molecule has 5 N–H and O–H groups in total. The van der Waals surface area contributed by atoms with E-state index in [4.69, 9.17) is 0 Å². The number of carbonyl (C=O) groups excluding carboxylic acids is 7. The summed E-state index contributed by atoms with van der Waals surface area (Å²) in [7, 11) is 0. The van der Waals surface area contributed by atoms with E-state index in [0.717, 1.165) is 75.6 Å². The van der Waals surface area contributed by atoms with Gasteiger partial charge in [-0.3, -0.25) is 48.6 Å². The number of likely N-dealkylation sites (tertiary alicyclic amines) is 1. The molecule has 1 aromatic heterocycles. The van der Waals surface area contributed by atoms with Crippen LogP contribution < -0.4 is 36.6 Å². The number of pyridine rings is 1. The number of carboxylic acids is 4. The molecule has 0 bridgehead atoms. The number of carbonyl (C=O) groups is 8. The number of nitrogens with zero attached hydrogens (tertiary/aromatic N) is 6. The van der Waals surface area contributed by atoms with Gasteiger partial charge < -0.3 is 61.0 Å². The Morgan fingerprint density at radius 2 is 1.33 bits per heavy atom. The van der Waals surface area contributed by atoms with Crippen molar-refractivity contribution < 1.29 is 98.7 Å². The molecule has 23 heteroatoms. The molecule has 2 aromatic rings. The van der Waals surface area contributed by atoms with Crippen LogP contribution in [-0.4, -0.2) is 199 Å². The van der Waals surface area contributed by atoms with Gasteiger partial charge in [-0.2, -0.15) is 0 Å². The van der Waals surface area contributed by atoms with Gasteiger partial charge in [0, 0.05) is 122 Å². The Balaban J connectivity index is 0.0000131. The van der Waals surface area contributed by atoms with E-state index < -0.39 is 67.4 Å². The number of amides is 4. The van der Waals surface area contributed by atoms with Gasteiger partial charge in [0.15, 0.2) is 0 Å². The Labute approximate surface area is 489 Å². The zero-order valence-electron chi connectivity index (χ0n) is 44.8. The Kier molecular flexibility index (Phi) is 29.7. The quantitative estimate of drug-likeness (QED) is 0.0500. The average Bonchev–Trinajstić information content (AvgIpc) is 3.41. The summed E-state index contributed by atoms with van der Waals surface area (Å²) in [5, 5.41) is 55.9. The van der Waals surface area contributed by atoms with Crippen LogP contribution in [-0.2, 0) is 44.8 Å². The first kappa shape index (κ1) is 65.3. The molecule has 4 amide bonds. The van der Waals surface area contributed by atoms with Crippen molar-refractivity contribution in [2.75, 3.05) is 111 Å². The second-order valence-electron chi connectivity index (χ2n) is 20.4. The van der Waals surface area contributed by atoms with Gasteiger partial charge in [0.2, 0.25) is 23.6 Å². The van der Waals surface area contributed by atoms with Crippen molar-refractivity contribution in [2.24, 2.45) is 11.8 Å². The summed E-state index contributed by atoms with van der Waals surface area (Å²) in [5.41, 5.74) is 3.03. The first-order chi connectivity index (χ1) is 37.0. The van der Waals surface area contributed by atoms with Crippen LogP contribution in [0.2, 0.25) is 0 Å². The molecule has 5 rings (SSSR count). The molecular formula is C55H77GdN10O12. The molecule has 22 nitrogen and oxygen atoms in total. The van der Waals surface area contributed by atoms with Crippen LogP contribution in [0, 0.1) is 63.6 Å². The molecule has 3 fully saturated rings. The second-order valence-corrected chi connectivity index (χ2v) is 20.4. The SMILES string of the molecule is C[C@@H](C(=O)NCC(=O)NCCCCCCc1ccc(C#Cc2cncc([C@H](CC(=O)O)NC(=O)[C@@H]3CCCN(C(=O)CCC4CCNCC4)C3)c2)cc1)N1CCN(CC(=O)[O-])CCN(CC(=O)[O-])CCN(CC(=O)[O-])CC1.[Gd+3]. The largest absolute Gasteiger partial charge is 3.00 e. The molecule has 1 radical (unpaired) electrons. The fourth-order valence-electron chi connectivity index (χ4n) is 9.95. The number of aryl methyl sites for hydroxylation is 1. The van der Waals surface area contributed by atoms with Crippen LogP contribution in [0.5, 0.6) is 0 Å². The van der Waals surface area contributed by atoms with Crippen LogP contribution in [0.4, 0.5) is 0 Å². The molecule has 0 spiro atoms. The van der Waals surface area contributed by atoms with Crippen molar-refractivity contribution in [3.63, 3.8) is 0 Å². The number of rotatable bonds is 25. The van der Waals surface area contributed by atoms with E-state index in [0.29, 0.717) is 55.9 Å². The third-order valence-corrected chi connectivity index (χ3v) is 14.5. The number of aliphatic carboxylic acids is 4. The van der Waals surface area contributed by atoms with Crippen molar-refractivity contribution >= 4 is 47.5 Å². The minimum Gasteiger partial charge on any atom is -0.549 e. The zero-order chi connectivity index (χ0) is 55.5. The van der Waals surface area contributed by atoms with E-state index >= 15 is 0 Å². The van der Waals surface area contributed by atoms with E-state index in [-0.39, 0.29) is 123 Å². The summed E-state index contributed by atoms with van der Waals surface area (Å²) in [6.45, 7) is 5.04. The van der Waals surface area contributed by atoms with Crippen molar-refractivity contribution in [2.45, 2.75) is 96.1 Å². The number of piperidine rings is 2. The number of hydrogen-bond donors (Lipinski definition) is 5. The minimum absolute atomic E-state index is 0. The van der Waals surface area contributed by atoms with Gasteiger partial charge in [0.05, 0.1) is 48.9 Å². The summed E-state index contributed by atoms with van der Waals surface area (Å²) in [4.78, 5) is 111. The summed E-state index contributed by atoms with van der Waals surface area (Å²) < 4.78 is 0. The smallest absolute Gasteiger partial charge is 0.549 e. The van der Waals surface area contributed by atoms with Crippen molar-refractivity contribution in [1.29, 1.82) is 0 Å². The number of carboxylic acid groups (broad SMARTS) is 4. The summed E-state index contributed by atoms with van der Waals surface area (Å²) in [6.07, 6.45) is 11.9. The Bertz CT molecular complexity index is 2310. The standard InChI is InChI=1S/C55H80N10O12.Gd/c1-40(64-29-27-62(38-52(72)73)25-23-61(37-51(70)71)24-26-63(28-30-64)39-53(74)75)54(76)59-35-48(66)58-19-5-3-2-4-7-41-9-11-42(12-10-41)13-14-44-31-46(34-57-33-44)47(32-50(68)69)60-55(77)45-8-6-22-65(36-45)49(67)16-15-43-17-20-56-21-18-43;/h9-12,31,33-34,40,43,45,47,56H,2-8,15-30,32,35-39H2,1H3,(H,58,66)(H,59,76)(H,60,77)(H,68,69)(H,70,71)(H,72,73)(H,74,75);/q;+3/p-3/t40-,45+,47-;/m0./s1. The van der Waals surface area contributed by atoms with Gasteiger partial charge in [0.25, 0.3) is 0 Å². The van der Waals surface area contributed by atoms with Crippen molar-refractivity contribution in [1.82, 2.24) is 50.8 Å². The van der Waals surface area contributed by atoms with Gasteiger partial charge in [-0.15, -0.1) is 0 Å². The fraction of sp³-hybridized carbons (Fsp3) is 0.618. The number of nitrogens with one attached hydrogen (secondary N) is 4. The topological polar surface area (TPSA) is 303 Å². The van der Waals surface area contributed by atoms with Gasteiger partial charge in [-0.05, 0) is 107 Å². The first-order valence-corrected chi connectivity index (χ1v) is 27.1. The molecule has 4 heterocycles. The Hall–Kier alpha value is -5.19. The van der Waals surface area contributed by atoms with Crippen molar-refractivity contribution in [3.8, 4) is 11.8 Å². The van der Waals surface area contributed by atoms with Crippen LogP contribution in [0.15, 0.2) is 42.7 Å². The predicted octanol–water partition coefficient (Wildman–Crippen LogP) is -2.67. The zero-order valence-corrected chi connectivity index (χ0v) is 47.1. The van der Waals surface area contributed by atoms with E-state index in [9.17, 15) is 58.8 Å². The first-order valence-electron chi connectivity index (χ1n) is 27.1. The molecule has 0 aliphatic carbocycles. The monoisotopic (exact) mass is 1230 g/mol. The van der Waals surface area contributed by atoms with Gasteiger partial charge in [-0.25, -0.2) is 0 Å². The number of unbranched alkanes of at least 4 members (excludes halogenated alkanes) is 3. The molecule has 78 heavy (non-hydrogen) atoms. The Morgan fingerprint density at radius 1 is 0.744 bits per heavy atom. The molecule has 427 valence electrons. The normalized spacial score (nSPS) is 18.3. The third-order valence-electron chi connectivity index (χ3n) is 14.5. The number of hydrogen-bond acceptors (Lipinski definition) is 17. The summed E-state index contributed by atoms with van der Waals surface area (Å²) in [5.74, 6) is 0.367. The minimum atomic E-state index is -1.32. The maximum absolute atomic E-state index is 13.5. The van der Waals surface area contributed by atoms with Crippen LogP contribution in [0.25, 0.3) is 0 Å². The average molecular weight is 1230 g/mol. The predicted molar refractivity (Wildman–Crippen MR) is 277 cm³/mol. The van der Waals surface area contributed by atoms with Crippen LogP contribution in [0.1, 0.15) is 106 Å². The third kappa shape index (κ3) is 24.9. The number of aromatic nitrogens is 1. The second kappa shape index (κ2) is 35.4. The molecule has 3 atom stereocenters. The molecule has 3 saturated heterocycles. The number of benzene rings is 1. The maximum atomic E-state index is 13.5. The van der Waals surface area contributed by atoms with E-state index in [1.165, 1.54) is 0 Å². The fourth-order valence-corrected chi connectivity index (χ4v) is 9.95. The van der Waals surface area contributed by atoms with Crippen LogP contribution in [0.3, 0.4) is 0 Å². The Morgan fingerprint density at radius 3 is 1.94 bits per heavy atom. The maximum Gasteiger partial charge on any atom is 3.00 e. The molecular weight excluding hydrogens is 1150 g/mol. The summed E-state index contributed by atoms with van der Waals surface area (Å²) in [6, 6.07) is 8.09. The van der Waals surface area contributed by atoms with Crippen molar-refractivity contribution in [3.05, 3.63) is 65.0 Å². The van der Waals surface area contributed by atoms with E-state index in [2.05, 4.69) is 38.1 Å². The van der Waals surface area contributed by atoms with Crippen LogP contribution >= 0.6 is 0 Å². The van der Waals surface area contributed by atoms with E-state index in [1.807, 2.05) is 24.3 Å². The van der Waals surface area contributed by atoms with Gasteiger partial charge >= 0.3 is 45.9 Å². The molecule has 0 saturated carbocycles. The molecule has 3 aliphatic heterocycles. The molecule has 3 aliphatic rings. The molecule has 0 unspecified atom stereocenters. The molecule has 1 aromatic carbocycles. The van der Waals surface area contributed by atoms with E-state index in [1.54, 1.807) is 49.9 Å². The van der Waals surface area contributed by atoms with Gasteiger partial charge in [-0.1, -0.05) is 36.8 Å². The van der Waals surface area contributed by atoms with Gasteiger partial charge in [0.1, 0.15) is 0 Å².